The highest BCUT2D eigenvalue weighted by atomic mass is 19.4. The van der Waals surface area contributed by atoms with E-state index in [9.17, 15) is 31.4 Å². The summed E-state index contributed by atoms with van der Waals surface area (Å²) in [4.78, 5) is 11.7. The van der Waals surface area contributed by atoms with Crippen LogP contribution >= 0.6 is 0 Å². The minimum atomic E-state index is -4.57. The molecule has 0 saturated heterocycles. The van der Waals surface area contributed by atoms with Crippen LogP contribution in [-0.2, 0) is 0 Å². The van der Waals surface area contributed by atoms with E-state index in [2.05, 4.69) is 25.6 Å². The number of allylic oxidation sites excluding steroid dienone is 1. The van der Waals surface area contributed by atoms with Gasteiger partial charge in [-0.3, -0.25) is 0 Å². The largest absolute Gasteiger partial charge is 0.408 e. The predicted octanol–water partition coefficient (Wildman–Crippen LogP) is 4.06. The summed E-state index contributed by atoms with van der Waals surface area (Å²) in [5.41, 5.74) is -0.0313. The second-order valence-electron chi connectivity index (χ2n) is 7.29. The van der Waals surface area contributed by atoms with Gasteiger partial charge in [0.05, 0.1) is 0 Å². The van der Waals surface area contributed by atoms with Gasteiger partial charge in [0, 0.05) is 24.5 Å². The Labute approximate surface area is 162 Å². The monoisotopic (exact) mass is 425 g/mol. The maximum atomic E-state index is 14.4. The molecule has 2 atom stereocenters. The van der Waals surface area contributed by atoms with E-state index < -0.39 is 54.9 Å². The van der Waals surface area contributed by atoms with Gasteiger partial charge >= 0.3 is 6.18 Å². The van der Waals surface area contributed by atoms with Crippen LogP contribution in [0.3, 0.4) is 0 Å². The third-order valence-corrected chi connectivity index (χ3v) is 4.92. The number of halogens is 6. The summed E-state index contributed by atoms with van der Waals surface area (Å²) in [7, 11) is 0. The molecule has 0 spiro atoms. The van der Waals surface area contributed by atoms with E-state index in [0.29, 0.717) is 6.42 Å². The van der Waals surface area contributed by atoms with Gasteiger partial charge in [-0.2, -0.15) is 28.1 Å². The first-order valence-electron chi connectivity index (χ1n) is 9.29. The highest BCUT2D eigenvalue weighted by Crippen LogP contribution is 2.39. The quantitative estimate of drug-likeness (QED) is 0.597. The van der Waals surface area contributed by atoms with Crippen molar-refractivity contribution in [2.24, 2.45) is 0 Å². The minimum Gasteiger partial charge on any atom is -0.386 e. The smallest absolute Gasteiger partial charge is 0.386 e. The summed E-state index contributed by atoms with van der Waals surface area (Å²) >= 11 is 0. The lowest BCUT2D eigenvalue weighted by Gasteiger charge is -2.35. The van der Waals surface area contributed by atoms with E-state index in [1.54, 1.807) is 0 Å². The Kier molecular flexibility index (Phi) is 5.93. The van der Waals surface area contributed by atoms with Crippen LogP contribution in [0.25, 0.3) is 5.57 Å². The van der Waals surface area contributed by atoms with Gasteiger partial charge in [0.1, 0.15) is 18.0 Å². The maximum Gasteiger partial charge on any atom is 0.408 e. The summed E-state index contributed by atoms with van der Waals surface area (Å²) in [6, 6.07) is -2.61. The van der Waals surface area contributed by atoms with E-state index in [0.717, 1.165) is 0 Å². The Morgan fingerprint density at radius 2 is 1.83 bits per heavy atom. The Morgan fingerprint density at radius 3 is 2.41 bits per heavy atom. The van der Waals surface area contributed by atoms with E-state index in [4.69, 9.17) is 0 Å². The average Bonchev–Trinajstić information content (AvgIpc) is 2.59. The molecule has 1 fully saturated rings. The molecule has 2 aliphatic carbocycles. The van der Waals surface area contributed by atoms with Crippen molar-refractivity contribution in [2.45, 2.75) is 75.7 Å². The molecule has 3 N–H and O–H groups in total. The van der Waals surface area contributed by atoms with Crippen LogP contribution < -0.4 is 10.6 Å². The lowest BCUT2D eigenvalue weighted by atomic mass is 9.88. The van der Waals surface area contributed by atoms with Gasteiger partial charge in [0.15, 0.2) is 5.82 Å². The number of aromatic nitrogens is 3. The van der Waals surface area contributed by atoms with Gasteiger partial charge in [-0.25, -0.2) is 13.2 Å². The van der Waals surface area contributed by atoms with Crippen molar-refractivity contribution in [1.29, 1.82) is 0 Å². The molecule has 162 valence electrons. The summed E-state index contributed by atoms with van der Waals surface area (Å²) in [6.07, 6.45) is -6.32. The first-order valence-corrected chi connectivity index (χ1v) is 9.29. The molecular weight excluding hydrogens is 404 g/mol. The Hall–Kier alpha value is -2.11. The number of anilines is 2. The number of nitrogens with zero attached hydrogens (tertiary/aromatic N) is 3. The minimum absolute atomic E-state index is 0.0313. The van der Waals surface area contributed by atoms with E-state index in [-0.39, 0.29) is 36.6 Å². The molecular formula is C17H21F6N5O. The molecule has 1 saturated carbocycles. The van der Waals surface area contributed by atoms with Crippen molar-refractivity contribution in [3.05, 3.63) is 11.7 Å². The molecule has 0 amide bonds. The molecule has 12 heteroatoms. The summed E-state index contributed by atoms with van der Waals surface area (Å²) in [5, 5.41) is 14.5. The van der Waals surface area contributed by atoms with Crippen molar-refractivity contribution in [2.75, 3.05) is 10.6 Å². The van der Waals surface area contributed by atoms with E-state index in [1.807, 2.05) is 0 Å². The average molecular weight is 425 g/mol. The molecule has 6 nitrogen and oxygen atoms in total. The first kappa shape index (κ1) is 21.6. The van der Waals surface area contributed by atoms with Crippen LogP contribution in [-0.4, -0.2) is 50.3 Å². The first-order chi connectivity index (χ1) is 13.5. The molecule has 2 unspecified atom stereocenters. The third kappa shape index (κ3) is 5.09. The van der Waals surface area contributed by atoms with Crippen molar-refractivity contribution >= 4 is 17.5 Å². The zero-order valence-electron chi connectivity index (χ0n) is 15.5. The standard InChI is InChI=1S/C17H21F6N5O/c1-2-11(17(21,22)23)25-15-27-13(9-4-3-5-10(29)12(9)18)26-14(28-15)24-8-6-16(19,20)7-8/h8,10-11,29H,2-7H2,1H3,(H2,24,25,26,27,28). The second kappa shape index (κ2) is 7.96. The molecule has 29 heavy (non-hydrogen) atoms. The van der Waals surface area contributed by atoms with E-state index >= 15 is 0 Å². The fourth-order valence-corrected chi connectivity index (χ4v) is 3.30. The Bertz CT molecular complexity index is 776. The van der Waals surface area contributed by atoms with Crippen LogP contribution in [0.4, 0.5) is 38.2 Å². The number of aliphatic hydroxyl groups is 1. The topological polar surface area (TPSA) is 83.0 Å². The molecule has 2 aliphatic rings. The van der Waals surface area contributed by atoms with Crippen LogP contribution in [0.1, 0.15) is 51.3 Å². The molecule has 1 heterocycles. The Balaban J connectivity index is 1.92. The number of aliphatic hydroxyl groups excluding tert-OH is 1. The second-order valence-corrected chi connectivity index (χ2v) is 7.29. The molecule has 0 radical (unpaired) electrons. The van der Waals surface area contributed by atoms with Crippen molar-refractivity contribution in [3.63, 3.8) is 0 Å². The number of hydrogen-bond donors (Lipinski definition) is 3. The van der Waals surface area contributed by atoms with Gasteiger partial charge in [0.25, 0.3) is 5.92 Å². The highest BCUT2D eigenvalue weighted by molar-refractivity contribution is 5.65. The lowest BCUT2D eigenvalue weighted by Crippen LogP contribution is -2.44. The SMILES string of the molecule is CCC(Nc1nc(NC2CC(F)(F)C2)nc(C2=C(F)C(O)CCC2)n1)C(F)(F)F. The lowest BCUT2D eigenvalue weighted by molar-refractivity contribution is -0.143. The molecule has 1 aromatic rings. The highest BCUT2D eigenvalue weighted by Gasteiger charge is 2.46. The van der Waals surface area contributed by atoms with Gasteiger partial charge in [-0.05, 0) is 25.7 Å². The number of rotatable bonds is 6. The van der Waals surface area contributed by atoms with Crippen molar-refractivity contribution in [3.8, 4) is 0 Å². The Morgan fingerprint density at radius 1 is 1.17 bits per heavy atom. The van der Waals surface area contributed by atoms with Gasteiger partial charge in [0.2, 0.25) is 11.9 Å². The normalized spacial score (nSPS) is 23.5. The van der Waals surface area contributed by atoms with Crippen LogP contribution in [0, 0.1) is 0 Å². The van der Waals surface area contributed by atoms with E-state index in [1.165, 1.54) is 6.92 Å². The predicted molar refractivity (Wildman–Crippen MR) is 93.1 cm³/mol. The fourth-order valence-electron chi connectivity index (χ4n) is 3.30. The molecule has 1 aromatic heterocycles. The molecule has 3 rings (SSSR count). The number of alkyl halides is 5. The summed E-state index contributed by atoms with van der Waals surface area (Å²) in [5.74, 6) is -4.58. The third-order valence-electron chi connectivity index (χ3n) is 4.92. The van der Waals surface area contributed by atoms with Crippen molar-refractivity contribution < 1.29 is 31.4 Å². The van der Waals surface area contributed by atoms with Gasteiger partial charge in [-0.15, -0.1) is 0 Å². The molecule has 0 aromatic carbocycles. The van der Waals surface area contributed by atoms with Crippen LogP contribution in [0.5, 0.6) is 0 Å². The van der Waals surface area contributed by atoms with Crippen LogP contribution in [0.15, 0.2) is 5.83 Å². The maximum absolute atomic E-state index is 14.4. The number of hydrogen-bond acceptors (Lipinski definition) is 6. The van der Waals surface area contributed by atoms with Crippen molar-refractivity contribution in [1.82, 2.24) is 15.0 Å². The number of nitrogens with one attached hydrogen (secondary N) is 2. The fraction of sp³-hybridized carbons (Fsp3) is 0.706. The van der Waals surface area contributed by atoms with Gasteiger partial charge in [-0.1, -0.05) is 6.92 Å². The summed E-state index contributed by atoms with van der Waals surface area (Å²) < 4.78 is 79.8. The molecule has 0 aliphatic heterocycles. The zero-order chi connectivity index (χ0) is 21.4. The molecule has 0 bridgehead atoms. The zero-order valence-corrected chi connectivity index (χ0v) is 15.5. The van der Waals surface area contributed by atoms with Gasteiger partial charge < -0.3 is 15.7 Å². The summed E-state index contributed by atoms with van der Waals surface area (Å²) in [6.45, 7) is 1.32. The van der Waals surface area contributed by atoms with Crippen LogP contribution in [0.2, 0.25) is 0 Å².